The van der Waals surface area contributed by atoms with Gasteiger partial charge in [0, 0.05) is 25.2 Å². The molecule has 2 aromatic carbocycles. The SMILES string of the molecule is Fc1cccc(Cl)c1COc1cccc(CNCCCN2CCOCC2)c1. The van der Waals surface area contributed by atoms with Crippen LogP contribution in [0.15, 0.2) is 42.5 Å². The van der Waals surface area contributed by atoms with Gasteiger partial charge < -0.3 is 14.8 Å². The summed E-state index contributed by atoms with van der Waals surface area (Å²) in [5, 5.41) is 3.85. The molecule has 1 heterocycles. The highest BCUT2D eigenvalue weighted by molar-refractivity contribution is 6.31. The highest BCUT2D eigenvalue weighted by Crippen LogP contribution is 2.22. The summed E-state index contributed by atoms with van der Waals surface area (Å²) in [6, 6.07) is 12.5. The van der Waals surface area contributed by atoms with Crippen molar-refractivity contribution in [1.82, 2.24) is 10.2 Å². The quantitative estimate of drug-likeness (QED) is 0.657. The average molecular weight is 393 g/mol. The van der Waals surface area contributed by atoms with Crippen LogP contribution < -0.4 is 10.1 Å². The molecule has 27 heavy (non-hydrogen) atoms. The summed E-state index contributed by atoms with van der Waals surface area (Å²) in [7, 11) is 0. The maximum atomic E-state index is 13.8. The molecule has 0 atom stereocenters. The Morgan fingerprint density at radius 2 is 1.96 bits per heavy atom. The topological polar surface area (TPSA) is 33.7 Å². The van der Waals surface area contributed by atoms with Crippen molar-refractivity contribution >= 4 is 11.6 Å². The van der Waals surface area contributed by atoms with Crippen LogP contribution in [0.5, 0.6) is 5.75 Å². The van der Waals surface area contributed by atoms with Gasteiger partial charge >= 0.3 is 0 Å². The van der Waals surface area contributed by atoms with E-state index < -0.39 is 0 Å². The molecule has 2 aromatic rings. The van der Waals surface area contributed by atoms with Crippen LogP contribution in [0.3, 0.4) is 0 Å². The van der Waals surface area contributed by atoms with Gasteiger partial charge in [-0.3, -0.25) is 4.90 Å². The molecule has 1 saturated heterocycles. The van der Waals surface area contributed by atoms with Crippen LogP contribution in [-0.4, -0.2) is 44.3 Å². The summed E-state index contributed by atoms with van der Waals surface area (Å²) in [6.45, 7) is 6.71. The lowest BCUT2D eigenvalue weighted by Gasteiger charge is -2.26. The smallest absolute Gasteiger partial charge is 0.131 e. The Balaban J connectivity index is 1.40. The summed E-state index contributed by atoms with van der Waals surface area (Å²) in [5.41, 5.74) is 1.52. The zero-order valence-corrected chi connectivity index (χ0v) is 16.2. The van der Waals surface area contributed by atoms with Gasteiger partial charge in [-0.25, -0.2) is 4.39 Å². The molecule has 1 aliphatic heterocycles. The molecule has 1 aliphatic rings. The largest absolute Gasteiger partial charge is 0.489 e. The van der Waals surface area contributed by atoms with Crippen LogP contribution in [0.2, 0.25) is 5.02 Å². The van der Waals surface area contributed by atoms with Crippen molar-refractivity contribution in [2.24, 2.45) is 0 Å². The Hall–Kier alpha value is -1.66. The number of nitrogens with zero attached hydrogens (tertiary/aromatic N) is 1. The average Bonchev–Trinajstić information content (AvgIpc) is 2.68. The first-order chi connectivity index (χ1) is 13.2. The lowest BCUT2D eigenvalue weighted by molar-refractivity contribution is 0.0374. The summed E-state index contributed by atoms with van der Waals surface area (Å²) < 4.78 is 24.9. The molecule has 0 bridgehead atoms. The third-order valence-corrected chi connectivity index (χ3v) is 4.96. The first-order valence-corrected chi connectivity index (χ1v) is 9.75. The van der Waals surface area contributed by atoms with Gasteiger partial charge in [0.2, 0.25) is 0 Å². The minimum Gasteiger partial charge on any atom is -0.489 e. The van der Waals surface area contributed by atoms with Crippen molar-refractivity contribution in [3.8, 4) is 5.75 Å². The molecule has 0 saturated carbocycles. The Bertz CT molecular complexity index is 703. The van der Waals surface area contributed by atoms with E-state index in [9.17, 15) is 4.39 Å². The van der Waals surface area contributed by atoms with Crippen LogP contribution in [0.25, 0.3) is 0 Å². The minimum absolute atomic E-state index is 0.113. The van der Waals surface area contributed by atoms with E-state index >= 15 is 0 Å². The van der Waals surface area contributed by atoms with Gasteiger partial charge in [0.1, 0.15) is 18.2 Å². The van der Waals surface area contributed by atoms with Gasteiger partial charge in [-0.2, -0.15) is 0 Å². The van der Waals surface area contributed by atoms with Crippen LogP contribution >= 0.6 is 11.6 Å². The molecule has 0 aliphatic carbocycles. The third kappa shape index (κ3) is 6.47. The lowest BCUT2D eigenvalue weighted by Crippen LogP contribution is -2.37. The molecule has 0 amide bonds. The first-order valence-electron chi connectivity index (χ1n) is 9.38. The van der Waals surface area contributed by atoms with Crippen LogP contribution in [-0.2, 0) is 17.9 Å². The molecule has 3 rings (SSSR count). The Morgan fingerprint density at radius 3 is 2.78 bits per heavy atom. The van der Waals surface area contributed by atoms with E-state index in [1.807, 2.05) is 18.2 Å². The monoisotopic (exact) mass is 392 g/mol. The number of benzene rings is 2. The van der Waals surface area contributed by atoms with E-state index in [1.54, 1.807) is 12.1 Å². The number of halogens is 2. The summed E-state index contributed by atoms with van der Waals surface area (Å²) in [5.74, 6) is 0.363. The molecular weight excluding hydrogens is 367 g/mol. The van der Waals surface area contributed by atoms with Crippen LogP contribution in [0.1, 0.15) is 17.5 Å². The number of morpholine rings is 1. The maximum absolute atomic E-state index is 13.8. The molecule has 6 heteroatoms. The minimum atomic E-state index is -0.347. The van der Waals surface area contributed by atoms with Gasteiger partial charge in [0.15, 0.2) is 0 Å². The van der Waals surface area contributed by atoms with Crippen molar-refractivity contribution in [3.63, 3.8) is 0 Å². The van der Waals surface area contributed by atoms with E-state index in [1.165, 1.54) is 6.07 Å². The predicted molar refractivity (Wildman–Crippen MR) is 106 cm³/mol. The molecule has 0 unspecified atom stereocenters. The number of rotatable bonds is 9. The van der Waals surface area contributed by atoms with Crippen molar-refractivity contribution in [3.05, 3.63) is 64.4 Å². The molecule has 0 spiro atoms. The second-order valence-corrected chi connectivity index (χ2v) is 7.03. The fourth-order valence-corrected chi connectivity index (χ4v) is 3.27. The molecule has 1 N–H and O–H groups in total. The van der Waals surface area contributed by atoms with E-state index in [2.05, 4.69) is 16.3 Å². The molecule has 4 nitrogen and oxygen atoms in total. The molecule has 146 valence electrons. The summed E-state index contributed by atoms with van der Waals surface area (Å²) in [6.07, 6.45) is 1.11. The summed E-state index contributed by atoms with van der Waals surface area (Å²) in [4.78, 5) is 2.44. The van der Waals surface area contributed by atoms with Gasteiger partial charge in [-0.1, -0.05) is 29.8 Å². The van der Waals surface area contributed by atoms with E-state index in [4.69, 9.17) is 21.1 Å². The van der Waals surface area contributed by atoms with Crippen molar-refractivity contribution in [1.29, 1.82) is 0 Å². The Labute approximate surface area is 165 Å². The second kappa shape index (κ2) is 10.6. The van der Waals surface area contributed by atoms with Crippen molar-refractivity contribution in [2.75, 3.05) is 39.4 Å². The lowest BCUT2D eigenvalue weighted by atomic mass is 10.2. The zero-order valence-electron chi connectivity index (χ0n) is 15.4. The third-order valence-electron chi connectivity index (χ3n) is 4.60. The second-order valence-electron chi connectivity index (χ2n) is 6.62. The van der Waals surface area contributed by atoms with Gasteiger partial charge in [0.05, 0.1) is 18.2 Å². The van der Waals surface area contributed by atoms with Gasteiger partial charge in [0.25, 0.3) is 0 Å². The van der Waals surface area contributed by atoms with Crippen LogP contribution in [0.4, 0.5) is 4.39 Å². The first kappa shape index (κ1) is 20.1. The van der Waals surface area contributed by atoms with Crippen molar-refractivity contribution < 1.29 is 13.9 Å². The molecule has 1 fully saturated rings. The normalized spacial score (nSPS) is 15.0. The van der Waals surface area contributed by atoms with E-state index in [-0.39, 0.29) is 12.4 Å². The molecule has 0 aromatic heterocycles. The van der Waals surface area contributed by atoms with E-state index in [0.29, 0.717) is 16.3 Å². The van der Waals surface area contributed by atoms with Crippen molar-refractivity contribution in [2.45, 2.75) is 19.6 Å². The fraction of sp³-hybridized carbons (Fsp3) is 0.429. The molecular formula is C21H26ClFN2O2. The van der Waals surface area contributed by atoms with Crippen LogP contribution in [0, 0.1) is 5.82 Å². The Kier molecular flexibility index (Phi) is 7.90. The standard InChI is InChI=1S/C21H26ClFN2O2/c22-20-6-2-7-21(23)19(20)16-27-18-5-1-4-17(14-18)15-24-8-3-9-25-10-12-26-13-11-25/h1-2,4-7,14,24H,3,8-13,15-16H2. The number of hydrogen-bond acceptors (Lipinski definition) is 4. The number of hydrogen-bond donors (Lipinski definition) is 1. The highest BCUT2D eigenvalue weighted by Gasteiger charge is 2.09. The Morgan fingerprint density at radius 1 is 1.15 bits per heavy atom. The van der Waals surface area contributed by atoms with Gasteiger partial charge in [-0.15, -0.1) is 0 Å². The number of nitrogens with one attached hydrogen (secondary N) is 1. The number of ether oxygens (including phenoxy) is 2. The predicted octanol–water partition coefficient (Wildman–Crippen LogP) is 3.87. The summed E-state index contributed by atoms with van der Waals surface area (Å²) >= 11 is 6.04. The zero-order chi connectivity index (χ0) is 18.9. The maximum Gasteiger partial charge on any atom is 0.131 e. The van der Waals surface area contributed by atoms with Gasteiger partial charge in [-0.05, 0) is 49.3 Å². The van der Waals surface area contributed by atoms with E-state index in [0.717, 1.165) is 57.9 Å². The highest BCUT2D eigenvalue weighted by atomic mass is 35.5. The fourth-order valence-electron chi connectivity index (χ4n) is 3.06. The molecule has 0 radical (unpaired) electrons.